The summed E-state index contributed by atoms with van der Waals surface area (Å²) in [6, 6.07) is 7.88. The van der Waals surface area contributed by atoms with Gasteiger partial charge in [-0.2, -0.15) is 0 Å². The molecule has 1 aliphatic rings. The lowest BCUT2D eigenvalue weighted by molar-refractivity contribution is 0.410. The second-order valence-electron chi connectivity index (χ2n) is 4.35. The molecule has 0 aromatic heterocycles. The first-order valence-corrected chi connectivity index (χ1v) is 5.78. The fourth-order valence-corrected chi connectivity index (χ4v) is 2.35. The Hall–Kier alpha value is -2.04. The van der Waals surface area contributed by atoms with Crippen molar-refractivity contribution in [2.45, 2.75) is 6.42 Å². The topological polar surface area (TPSA) is 3.24 Å². The molecule has 0 spiro atoms. The molecule has 0 bridgehead atoms. The van der Waals surface area contributed by atoms with Crippen LogP contribution >= 0.6 is 0 Å². The summed E-state index contributed by atoms with van der Waals surface area (Å²) in [5.41, 5.74) is 1.38. The quantitative estimate of drug-likeness (QED) is 0.430. The van der Waals surface area contributed by atoms with E-state index < -0.39 is 23.3 Å². The minimum absolute atomic E-state index is 0.277. The van der Waals surface area contributed by atoms with Gasteiger partial charge in [0.25, 0.3) is 0 Å². The molecule has 5 heteroatoms. The second-order valence-corrected chi connectivity index (χ2v) is 4.35. The van der Waals surface area contributed by atoms with Gasteiger partial charge in [-0.1, -0.05) is 18.2 Å². The van der Waals surface area contributed by atoms with Gasteiger partial charge < -0.3 is 4.90 Å². The van der Waals surface area contributed by atoms with Crippen molar-refractivity contribution in [1.82, 2.24) is 0 Å². The molecule has 98 valence electrons. The van der Waals surface area contributed by atoms with E-state index in [4.69, 9.17) is 0 Å². The minimum atomic E-state index is -1.78. The van der Waals surface area contributed by atoms with Crippen LogP contribution in [0.25, 0.3) is 0 Å². The number of hydrogen-bond donors (Lipinski definition) is 0. The van der Waals surface area contributed by atoms with Crippen molar-refractivity contribution in [2.24, 2.45) is 0 Å². The molecule has 0 aliphatic carbocycles. The molecule has 0 fully saturated rings. The third-order valence-electron chi connectivity index (χ3n) is 3.26. The highest BCUT2D eigenvalue weighted by Gasteiger charge is 2.27. The lowest BCUT2D eigenvalue weighted by Crippen LogP contribution is -2.16. The first-order valence-electron chi connectivity index (χ1n) is 5.78. The Morgan fingerprint density at radius 1 is 0.842 bits per heavy atom. The van der Waals surface area contributed by atoms with Crippen LogP contribution in [-0.4, -0.2) is 6.54 Å². The van der Waals surface area contributed by atoms with Crippen molar-refractivity contribution in [2.75, 3.05) is 11.4 Å². The summed E-state index contributed by atoms with van der Waals surface area (Å²) >= 11 is 0. The highest BCUT2D eigenvalue weighted by molar-refractivity contribution is 5.70. The largest absolute Gasteiger partial charge is 0.338 e. The molecular weight excluding hydrogens is 258 g/mol. The van der Waals surface area contributed by atoms with E-state index in [1.807, 2.05) is 12.1 Å². The summed E-state index contributed by atoms with van der Waals surface area (Å²) in [5.74, 6) is -6.32. The number of anilines is 2. The standard InChI is InChI=1S/C14H9F4N/c15-9-7-11(13(17)14(18)12(9)16)19-6-5-8-3-1-2-4-10(8)19/h1-4,7H,5-6H2. The van der Waals surface area contributed by atoms with Crippen LogP contribution in [0, 0.1) is 23.3 Å². The molecule has 0 atom stereocenters. The third-order valence-corrected chi connectivity index (χ3v) is 3.26. The summed E-state index contributed by atoms with van der Waals surface area (Å²) in [5, 5.41) is 0. The number of nitrogens with zero attached hydrogens (tertiary/aromatic N) is 1. The minimum Gasteiger partial charge on any atom is -0.338 e. The molecule has 0 radical (unpaired) electrons. The molecule has 0 saturated carbocycles. The molecule has 0 saturated heterocycles. The van der Waals surface area contributed by atoms with Gasteiger partial charge >= 0.3 is 0 Å². The van der Waals surface area contributed by atoms with Crippen LogP contribution in [0.1, 0.15) is 5.56 Å². The monoisotopic (exact) mass is 267 g/mol. The first-order chi connectivity index (χ1) is 9.09. The number of hydrogen-bond acceptors (Lipinski definition) is 1. The molecule has 2 aromatic rings. The summed E-state index contributed by atoms with van der Waals surface area (Å²) in [4.78, 5) is 1.45. The zero-order valence-electron chi connectivity index (χ0n) is 9.76. The Labute approximate surface area is 107 Å². The van der Waals surface area contributed by atoms with Gasteiger partial charge in [0.15, 0.2) is 23.3 Å². The van der Waals surface area contributed by atoms with E-state index in [2.05, 4.69) is 0 Å². The van der Waals surface area contributed by atoms with Gasteiger partial charge in [0.1, 0.15) is 0 Å². The third kappa shape index (κ3) is 1.77. The Bertz CT molecular complexity index is 654. The van der Waals surface area contributed by atoms with Crippen molar-refractivity contribution in [3.63, 3.8) is 0 Å². The maximum absolute atomic E-state index is 13.8. The molecule has 1 nitrogen and oxygen atoms in total. The van der Waals surface area contributed by atoms with E-state index in [0.717, 1.165) is 5.56 Å². The Kier molecular flexibility index (Phi) is 2.69. The summed E-state index contributed by atoms with van der Waals surface area (Å²) < 4.78 is 53.2. The van der Waals surface area contributed by atoms with Crippen LogP contribution in [0.3, 0.4) is 0 Å². The van der Waals surface area contributed by atoms with Crippen molar-refractivity contribution < 1.29 is 17.6 Å². The predicted octanol–water partition coefficient (Wildman–Crippen LogP) is 3.94. The van der Waals surface area contributed by atoms with Crippen LogP contribution < -0.4 is 4.90 Å². The molecule has 0 unspecified atom stereocenters. The van der Waals surface area contributed by atoms with Crippen molar-refractivity contribution in [1.29, 1.82) is 0 Å². The molecule has 19 heavy (non-hydrogen) atoms. The van der Waals surface area contributed by atoms with Gasteiger partial charge in [-0.3, -0.25) is 0 Å². The molecular formula is C14H9F4N. The SMILES string of the molecule is Fc1cc(N2CCc3ccccc32)c(F)c(F)c1F. The first kappa shape index (κ1) is 12.0. The predicted molar refractivity (Wildman–Crippen MR) is 63.4 cm³/mol. The van der Waals surface area contributed by atoms with Gasteiger partial charge in [-0.15, -0.1) is 0 Å². The maximum Gasteiger partial charge on any atom is 0.199 e. The van der Waals surface area contributed by atoms with Gasteiger partial charge in [0.05, 0.1) is 5.69 Å². The smallest absolute Gasteiger partial charge is 0.199 e. The van der Waals surface area contributed by atoms with Gasteiger partial charge in [0, 0.05) is 18.3 Å². The highest BCUT2D eigenvalue weighted by atomic mass is 19.2. The number of rotatable bonds is 1. The second kappa shape index (κ2) is 4.26. The Morgan fingerprint density at radius 3 is 2.37 bits per heavy atom. The lowest BCUT2D eigenvalue weighted by atomic mass is 10.2. The highest BCUT2D eigenvalue weighted by Crippen LogP contribution is 2.37. The fourth-order valence-electron chi connectivity index (χ4n) is 2.35. The average molecular weight is 267 g/mol. The van der Waals surface area contributed by atoms with Crippen molar-refractivity contribution in [3.05, 3.63) is 59.2 Å². The van der Waals surface area contributed by atoms with Crippen molar-refractivity contribution >= 4 is 11.4 Å². The molecule has 1 aliphatic heterocycles. The summed E-state index contributed by atoms with van der Waals surface area (Å²) in [6.07, 6.45) is 0.649. The van der Waals surface area contributed by atoms with Crippen LogP contribution in [0.5, 0.6) is 0 Å². The Morgan fingerprint density at radius 2 is 1.58 bits per heavy atom. The lowest BCUT2D eigenvalue weighted by Gasteiger charge is -2.20. The fraction of sp³-hybridized carbons (Fsp3) is 0.143. The van der Waals surface area contributed by atoms with E-state index in [-0.39, 0.29) is 5.69 Å². The molecule has 0 amide bonds. The Balaban J connectivity index is 2.15. The van der Waals surface area contributed by atoms with Gasteiger partial charge in [-0.05, 0) is 18.1 Å². The molecule has 3 rings (SSSR count). The van der Waals surface area contributed by atoms with E-state index in [1.165, 1.54) is 4.90 Å². The van der Waals surface area contributed by atoms with Gasteiger partial charge in [-0.25, -0.2) is 17.6 Å². The van der Waals surface area contributed by atoms with Gasteiger partial charge in [0.2, 0.25) is 0 Å². The van der Waals surface area contributed by atoms with Crippen LogP contribution in [0.2, 0.25) is 0 Å². The van der Waals surface area contributed by atoms with Crippen LogP contribution in [0.4, 0.5) is 28.9 Å². The molecule has 2 aromatic carbocycles. The zero-order chi connectivity index (χ0) is 13.6. The number of halogens is 4. The van der Waals surface area contributed by atoms with E-state index >= 15 is 0 Å². The zero-order valence-corrected chi connectivity index (χ0v) is 9.76. The van der Waals surface area contributed by atoms with E-state index in [1.54, 1.807) is 12.1 Å². The van der Waals surface area contributed by atoms with E-state index in [0.29, 0.717) is 24.7 Å². The average Bonchev–Trinajstić information content (AvgIpc) is 2.84. The normalized spacial score (nSPS) is 13.8. The molecule has 1 heterocycles. The molecule has 0 N–H and O–H groups in total. The van der Waals surface area contributed by atoms with E-state index in [9.17, 15) is 17.6 Å². The number of para-hydroxylation sites is 1. The number of fused-ring (bicyclic) bond motifs is 1. The summed E-state index contributed by atoms with van der Waals surface area (Å²) in [7, 11) is 0. The van der Waals surface area contributed by atoms with Crippen LogP contribution in [0.15, 0.2) is 30.3 Å². The van der Waals surface area contributed by atoms with Crippen LogP contribution in [-0.2, 0) is 6.42 Å². The summed E-state index contributed by atoms with van der Waals surface area (Å²) in [6.45, 7) is 0.404. The number of benzene rings is 2. The van der Waals surface area contributed by atoms with Crippen molar-refractivity contribution in [3.8, 4) is 0 Å². The maximum atomic E-state index is 13.8.